The van der Waals surface area contributed by atoms with Crippen LogP contribution in [0.2, 0.25) is 0 Å². The maximum absolute atomic E-state index is 13.4. The number of morpholine rings is 1. The van der Waals surface area contributed by atoms with Crippen molar-refractivity contribution in [3.63, 3.8) is 0 Å². The average molecular weight is 377 g/mol. The van der Waals surface area contributed by atoms with Gasteiger partial charge < -0.3 is 15.0 Å². The Hall–Kier alpha value is -1.72. The van der Waals surface area contributed by atoms with E-state index >= 15 is 0 Å². The molecule has 5 heteroatoms. The molecular formula is C22H33FN2O2. The summed E-state index contributed by atoms with van der Waals surface area (Å²) in [7, 11) is 2.08. The Morgan fingerprint density at radius 2 is 2.04 bits per heavy atom. The molecule has 1 unspecified atom stereocenters. The zero-order valence-corrected chi connectivity index (χ0v) is 17.3. The Morgan fingerprint density at radius 3 is 2.59 bits per heavy atom. The van der Waals surface area contributed by atoms with E-state index < -0.39 is 0 Å². The third-order valence-electron chi connectivity index (χ3n) is 5.73. The molecule has 1 aromatic rings. The Labute approximate surface area is 162 Å². The van der Waals surface area contributed by atoms with E-state index in [-0.39, 0.29) is 18.1 Å². The first kappa shape index (κ1) is 21.6. The quantitative estimate of drug-likeness (QED) is 0.741. The fourth-order valence-corrected chi connectivity index (χ4v) is 3.54. The van der Waals surface area contributed by atoms with E-state index in [9.17, 15) is 9.18 Å². The second-order valence-corrected chi connectivity index (χ2v) is 7.67. The van der Waals surface area contributed by atoms with Crippen LogP contribution in [0.3, 0.4) is 0 Å². The predicted molar refractivity (Wildman–Crippen MR) is 108 cm³/mol. The molecule has 0 bridgehead atoms. The molecule has 1 fully saturated rings. The average Bonchev–Trinajstić information content (AvgIpc) is 2.66. The molecular weight excluding hydrogens is 343 g/mol. The fourth-order valence-electron chi connectivity index (χ4n) is 3.54. The first-order valence-electron chi connectivity index (χ1n) is 9.83. The summed E-state index contributed by atoms with van der Waals surface area (Å²) in [6, 6.07) is 4.27. The van der Waals surface area contributed by atoms with Gasteiger partial charge in [0.15, 0.2) is 0 Å². The van der Waals surface area contributed by atoms with E-state index in [2.05, 4.69) is 50.2 Å². The highest BCUT2D eigenvalue weighted by Gasteiger charge is 2.34. The summed E-state index contributed by atoms with van der Waals surface area (Å²) in [6.07, 6.45) is 3.11. The number of rotatable bonds is 8. The van der Waals surface area contributed by atoms with Crippen LogP contribution in [-0.4, -0.2) is 43.2 Å². The van der Waals surface area contributed by atoms with Crippen molar-refractivity contribution in [2.24, 2.45) is 0 Å². The SMILES string of the molecule is CC/C(=C/F)c1cc(C)c(C)cc1CN(C)CCC1(CC)CNC(=O)CO1. The minimum Gasteiger partial charge on any atom is -0.363 e. The number of nitrogens with zero attached hydrogens (tertiary/aromatic N) is 1. The van der Waals surface area contributed by atoms with Crippen molar-refractivity contribution in [1.82, 2.24) is 10.2 Å². The normalized spacial score (nSPS) is 20.9. The van der Waals surface area contributed by atoms with Crippen LogP contribution in [0, 0.1) is 13.8 Å². The molecule has 0 saturated carbocycles. The number of carbonyl (C=O) groups excluding carboxylic acids is 1. The minimum absolute atomic E-state index is 0.0442. The summed E-state index contributed by atoms with van der Waals surface area (Å²) in [5.41, 5.74) is 5.00. The first-order valence-corrected chi connectivity index (χ1v) is 9.83. The van der Waals surface area contributed by atoms with Crippen LogP contribution >= 0.6 is 0 Å². The Morgan fingerprint density at radius 1 is 1.33 bits per heavy atom. The molecule has 27 heavy (non-hydrogen) atoms. The van der Waals surface area contributed by atoms with Gasteiger partial charge in [0, 0.05) is 19.6 Å². The van der Waals surface area contributed by atoms with Gasteiger partial charge in [-0.25, -0.2) is 4.39 Å². The molecule has 1 saturated heterocycles. The summed E-state index contributed by atoms with van der Waals surface area (Å²) >= 11 is 0. The van der Waals surface area contributed by atoms with Gasteiger partial charge in [-0.05, 0) is 68.0 Å². The maximum Gasteiger partial charge on any atom is 0.246 e. The molecule has 1 atom stereocenters. The third kappa shape index (κ3) is 5.39. The van der Waals surface area contributed by atoms with E-state index in [1.807, 2.05) is 6.92 Å². The molecule has 0 aliphatic carbocycles. The number of benzene rings is 1. The second-order valence-electron chi connectivity index (χ2n) is 7.67. The fraction of sp³-hybridized carbons (Fsp3) is 0.591. The van der Waals surface area contributed by atoms with Gasteiger partial charge in [-0.3, -0.25) is 4.79 Å². The van der Waals surface area contributed by atoms with E-state index in [4.69, 9.17) is 4.74 Å². The smallest absolute Gasteiger partial charge is 0.246 e. The molecule has 1 amide bonds. The maximum atomic E-state index is 13.4. The van der Waals surface area contributed by atoms with Crippen LogP contribution in [0.1, 0.15) is 55.4 Å². The second kappa shape index (κ2) is 9.47. The molecule has 2 rings (SSSR count). The van der Waals surface area contributed by atoms with Gasteiger partial charge in [-0.1, -0.05) is 26.0 Å². The molecule has 1 N–H and O–H groups in total. The molecule has 1 aromatic carbocycles. The molecule has 0 aromatic heterocycles. The molecule has 0 spiro atoms. The number of ether oxygens (including phenoxy) is 1. The van der Waals surface area contributed by atoms with Crippen LogP contribution in [-0.2, 0) is 16.1 Å². The Balaban J connectivity index is 2.10. The first-order chi connectivity index (χ1) is 12.8. The van der Waals surface area contributed by atoms with E-state index in [1.165, 1.54) is 11.1 Å². The lowest BCUT2D eigenvalue weighted by Crippen LogP contribution is -2.53. The van der Waals surface area contributed by atoms with Gasteiger partial charge in [-0.2, -0.15) is 0 Å². The van der Waals surface area contributed by atoms with Gasteiger partial charge in [0.2, 0.25) is 5.91 Å². The van der Waals surface area contributed by atoms with Crippen molar-refractivity contribution in [2.75, 3.05) is 26.7 Å². The van der Waals surface area contributed by atoms with Gasteiger partial charge in [0.25, 0.3) is 0 Å². The summed E-state index contributed by atoms with van der Waals surface area (Å²) < 4.78 is 19.2. The van der Waals surface area contributed by atoms with Crippen molar-refractivity contribution in [3.8, 4) is 0 Å². The number of hydrogen-bond donors (Lipinski definition) is 1. The molecule has 1 aliphatic heterocycles. The summed E-state index contributed by atoms with van der Waals surface area (Å²) in [4.78, 5) is 13.6. The van der Waals surface area contributed by atoms with Crippen LogP contribution in [0.15, 0.2) is 18.5 Å². The van der Waals surface area contributed by atoms with Crippen molar-refractivity contribution in [3.05, 3.63) is 40.7 Å². The lowest BCUT2D eigenvalue weighted by Gasteiger charge is -2.37. The van der Waals surface area contributed by atoms with Crippen molar-refractivity contribution in [1.29, 1.82) is 0 Å². The number of halogens is 1. The molecule has 150 valence electrons. The number of hydrogen-bond acceptors (Lipinski definition) is 3. The summed E-state index contributed by atoms with van der Waals surface area (Å²) in [6.45, 7) is 10.5. The highest BCUT2D eigenvalue weighted by molar-refractivity contribution is 5.78. The highest BCUT2D eigenvalue weighted by Crippen LogP contribution is 2.28. The monoisotopic (exact) mass is 376 g/mol. The Bertz CT molecular complexity index is 690. The predicted octanol–water partition coefficient (Wildman–Crippen LogP) is 4.14. The van der Waals surface area contributed by atoms with Crippen molar-refractivity contribution < 1.29 is 13.9 Å². The summed E-state index contributed by atoms with van der Waals surface area (Å²) in [5.74, 6) is -0.0442. The standard InChI is InChI=1S/C22H33FN2O2/c1-6-18(12-23)20-11-17(4)16(3)10-19(20)13-25(5)9-8-22(7-2)15-24-21(26)14-27-22/h10-12H,6-9,13-15H2,1-5H3,(H,24,26)/b18-12-. The molecule has 0 radical (unpaired) electrons. The van der Waals surface area contributed by atoms with Gasteiger partial charge in [0.05, 0.1) is 11.9 Å². The van der Waals surface area contributed by atoms with Gasteiger partial charge >= 0.3 is 0 Å². The highest BCUT2D eigenvalue weighted by atomic mass is 19.1. The number of amides is 1. The van der Waals surface area contributed by atoms with Gasteiger partial charge in [-0.15, -0.1) is 0 Å². The minimum atomic E-state index is -0.290. The Kier molecular flexibility index (Phi) is 7.57. The lowest BCUT2D eigenvalue weighted by molar-refractivity contribution is -0.145. The zero-order chi connectivity index (χ0) is 20.0. The molecule has 1 aliphatic rings. The van der Waals surface area contributed by atoms with Crippen LogP contribution in [0.5, 0.6) is 0 Å². The topological polar surface area (TPSA) is 41.6 Å². The number of allylic oxidation sites excluding steroid dienone is 1. The molecule has 4 nitrogen and oxygen atoms in total. The van der Waals surface area contributed by atoms with Gasteiger partial charge in [0.1, 0.15) is 6.61 Å². The van der Waals surface area contributed by atoms with E-state index in [1.54, 1.807) is 0 Å². The van der Waals surface area contributed by atoms with Crippen molar-refractivity contribution in [2.45, 2.75) is 59.1 Å². The van der Waals surface area contributed by atoms with E-state index in [0.717, 1.165) is 49.0 Å². The van der Waals surface area contributed by atoms with Crippen LogP contribution in [0.4, 0.5) is 4.39 Å². The number of aryl methyl sites for hydroxylation is 2. The third-order valence-corrected chi connectivity index (χ3v) is 5.73. The van der Waals surface area contributed by atoms with Crippen LogP contribution < -0.4 is 5.32 Å². The number of carbonyl (C=O) groups is 1. The van der Waals surface area contributed by atoms with Crippen molar-refractivity contribution >= 4 is 11.5 Å². The lowest BCUT2D eigenvalue weighted by atomic mass is 9.92. The number of nitrogens with one attached hydrogen (secondary N) is 1. The van der Waals surface area contributed by atoms with Crippen LogP contribution in [0.25, 0.3) is 5.57 Å². The van der Waals surface area contributed by atoms with E-state index in [0.29, 0.717) is 13.0 Å². The zero-order valence-electron chi connectivity index (χ0n) is 17.3. The molecule has 1 heterocycles. The largest absolute Gasteiger partial charge is 0.363 e. The summed E-state index contributed by atoms with van der Waals surface area (Å²) in [5, 5.41) is 2.92.